The Kier molecular flexibility index (Phi) is 6.42. The lowest BCUT2D eigenvalue weighted by molar-refractivity contribution is -0.139. The molecule has 158 valence electrons. The molecule has 1 atom stereocenters. The number of amides is 1. The first-order valence-electron chi connectivity index (χ1n) is 10.4. The van der Waals surface area contributed by atoms with Crippen molar-refractivity contribution < 1.29 is 14.7 Å². The molecule has 0 aromatic heterocycles. The number of carbonyl (C=O) groups excluding carboxylic acids is 1. The first kappa shape index (κ1) is 21.1. The molecule has 0 aliphatic rings. The van der Waals surface area contributed by atoms with Crippen LogP contribution in [0.3, 0.4) is 0 Å². The van der Waals surface area contributed by atoms with Crippen LogP contribution in [0.2, 0.25) is 0 Å². The largest absolute Gasteiger partial charge is 0.480 e. The van der Waals surface area contributed by atoms with Gasteiger partial charge in [0.05, 0.1) is 0 Å². The van der Waals surface area contributed by atoms with Gasteiger partial charge in [-0.05, 0) is 39.9 Å². The average Bonchev–Trinajstić information content (AvgIpc) is 2.85. The summed E-state index contributed by atoms with van der Waals surface area (Å²) in [5.74, 6) is -1.47. The number of hydrogen-bond acceptors (Lipinski definition) is 2. The van der Waals surface area contributed by atoms with E-state index in [1.54, 1.807) is 12.1 Å². The Balaban J connectivity index is 1.43. The van der Waals surface area contributed by atoms with Crippen molar-refractivity contribution in [2.75, 3.05) is 0 Å². The monoisotopic (exact) mass is 421 g/mol. The van der Waals surface area contributed by atoms with E-state index in [-0.39, 0.29) is 6.42 Å². The highest BCUT2D eigenvalue weighted by Gasteiger charge is 2.21. The first-order chi connectivity index (χ1) is 15.6. The highest BCUT2D eigenvalue weighted by atomic mass is 16.4. The van der Waals surface area contributed by atoms with E-state index >= 15 is 0 Å². The minimum Gasteiger partial charge on any atom is -0.480 e. The second kappa shape index (κ2) is 9.75. The molecule has 0 aliphatic heterocycles. The van der Waals surface area contributed by atoms with E-state index in [2.05, 4.69) is 5.32 Å². The summed E-state index contributed by atoms with van der Waals surface area (Å²) >= 11 is 0. The summed E-state index contributed by atoms with van der Waals surface area (Å²) < 4.78 is 0. The molecule has 4 nitrogen and oxygen atoms in total. The van der Waals surface area contributed by atoms with Gasteiger partial charge in [-0.1, -0.05) is 97.1 Å². The van der Waals surface area contributed by atoms with E-state index in [4.69, 9.17) is 0 Å². The molecule has 4 rings (SSSR count). The van der Waals surface area contributed by atoms with Crippen molar-refractivity contribution in [1.29, 1.82) is 0 Å². The van der Waals surface area contributed by atoms with Gasteiger partial charge in [-0.3, -0.25) is 4.79 Å². The normalized spacial score (nSPS) is 11.5. The van der Waals surface area contributed by atoms with E-state index in [0.29, 0.717) is 5.56 Å². The van der Waals surface area contributed by atoms with Crippen LogP contribution in [0, 0.1) is 0 Å². The summed E-state index contributed by atoms with van der Waals surface area (Å²) in [6.45, 7) is 0. The van der Waals surface area contributed by atoms with Crippen molar-refractivity contribution in [3.05, 3.63) is 120 Å². The SMILES string of the molecule is O=C(N[C@@H](Cc1ccc(-c2ccccc2)cc1)C(=O)O)c1ccc(-c2ccccc2)cc1. The smallest absolute Gasteiger partial charge is 0.326 e. The van der Waals surface area contributed by atoms with Crippen LogP contribution in [-0.2, 0) is 11.2 Å². The van der Waals surface area contributed by atoms with Gasteiger partial charge in [-0.15, -0.1) is 0 Å². The number of aliphatic carboxylic acids is 1. The molecule has 0 saturated heterocycles. The molecule has 0 unspecified atom stereocenters. The second-order valence-electron chi connectivity index (χ2n) is 7.57. The van der Waals surface area contributed by atoms with E-state index in [1.807, 2.05) is 97.1 Å². The van der Waals surface area contributed by atoms with Gasteiger partial charge in [-0.25, -0.2) is 4.79 Å². The van der Waals surface area contributed by atoms with Crippen molar-refractivity contribution in [1.82, 2.24) is 5.32 Å². The summed E-state index contributed by atoms with van der Waals surface area (Å²) in [6.07, 6.45) is 0.207. The van der Waals surface area contributed by atoms with E-state index < -0.39 is 17.9 Å². The van der Waals surface area contributed by atoms with E-state index in [1.165, 1.54) is 0 Å². The Morgan fingerprint density at radius 3 is 1.53 bits per heavy atom. The zero-order valence-electron chi connectivity index (χ0n) is 17.4. The third kappa shape index (κ3) is 5.10. The fourth-order valence-corrected chi connectivity index (χ4v) is 3.59. The van der Waals surface area contributed by atoms with Gasteiger partial charge in [0.25, 0.3) is 5.91 Å². The maximum absolute atomic E-state index is 12.7. The van der Waals surface area contributed by atoms with Gasteiger partial charge >= 0.3 is 5.97 Å². The van der Waals surface area contributed by atoms with Crippen LogP contribution in [0.1, 0.15) is 15.9 Å². The minimum atomic E-state index is -1.06. The van der Waals surface area contributed by atoms with E-state index in [9.17, 15) is 14.7 Å². The van der Waals surface area contributed by atoms with Gasteiger partial charge in [0.1, 0.15) is 6.04 Å². The summed E-state index contributed by atoms with van der Waals surface area (Å²) in [7, 11) is 0. The molecular formula is C28H23NO3. The number of hydrogen-bond donors (Lipinski definition) is 2. The topological polar surface area (TPSA) is 66.4 Å². The highest BCUT2D eigenvalue weighted by molar-refractivity contribution is 5.97. The Morgan fingerprint density at radius 1 is 0.625 bits per heavy atom. The average molecular weight is 421 g/mol. The number of rotatable bonds is 7. The number of benzene rings is 4. The first-order valence-corrected chi connectivity index (χ1v) is 10.4. The Morgan fingerprint density at radius 2 is 1.06 bits per heavy atom. The van der Waals surface area contributed by atoms with Crippen molar-refractivity contribution in [2.24, 2.45) is 0 Å². The lowest BCUT2D eigenvalue weighted by atomic mass is 10.00. The zero-order valence-corrected chi connectivity index (χ0v) is 17.4. The van der Waals surface area contributed by atoms with Crippen LogP contribution >= 0.6 is 0 Å². The van der Waals surface area contributed by atoms with Crippen LogP contribution in [0.4, 0.5) is 0 Å². The van der Waals surface area contributed by atoms with Crippen LogP contribution < -0.4 is 5.32 Å². The molecule has 0 spiro atoms. The van der Waals surface area contributed by atoms with Gasteiger partial charge in [0.15, 0.2) is 0 Å². The van der Waals surface area contributed by atoms with Crippen LogP contribution in [0.15, 0.2) is 109 Å². The lowest BCUT2D eigenvalue weighted by Crippen LogP contribution is -2.42. The molecule has 0 saturated carbocycles. The predicted octanol–water partition coefficient (Wildman–Crippen LogP) is 5.45. The third-order valence-corrected chi connectivity index (χ3v) is 5.36. The number of nitrogens with one attached hydrogen (secondary N) is 1. The van der Waals surface area contributed by atoms with E-state index in [0.717, 1.165) is 27.8 Å². The summed E-state index contributed by atoms with van der Waals surface area (Å²) in [5.41, 5.74) is 5.48. The number of carboxylic acid groups (broad SMARTS) is 1. The summed E-state index contributed by atoms with van der Waals surface area (Å²) in [6, 6.07) is 33.7. The molecule has 0 fully saturated rings. The number of carboxylic acids is 1. The van der Waals surface area contributed by atoms with Gasteiger partial charge < -0.3 is 10.4 Å². The van der Waals surface area contributed by atoms with Gasteiger partial charge in [0.2, 0.25) is 0 Å². The molecule has 32 heavy (non-hydrogen) atoms. The standard InChI is InChI=1S/C28H23NO3/c30-27(25-17-15-24(16-18-25)22-9-5-2-6-10-22)29-26(28(31)32)19-20-11-13-23(14-12-20)21-7-3-1-4-8-21/h1-18,26H,19H2,(H,29,30)(H,31,32)/t26-/m0/s1. The fraction of sp³-hybridized carbons (Fsp3) is 0.0714. The predicted molar refractivity (Wildman–Crippen MR) is 126 cm³/mol. The van der Waals surface area contributed by atoms with Crippen LogP contribution in [0.25, 0.3) is 22.3 Å². The molecule has 2 N–H and O–H groups in total. The lowest BCUT2D eigenvalue weighted by Gasteiger charge is -2.15. The second-order valence-corrected chi connectivity index (χ2v) is 7.57. The quantitative estimate of drug-likeness (QED) is 0.417. The van der Waals surface area contributed by atoms with Gasteiger partial charge in [0, 0.05) is 12.0 Å². The molecule has 4 aromatic carbocycles. The Labute approximate surface area is 187 Å². The molecule has 0 heterocycles. The Bertz CT molecular complexity index is 1190. The summed E-state index contributed by atoms with van der Waals surface area (Å²) in [4.78, 5) is 24.4. The molecular weight excluding hydrogens is 398 g/mol. The molecule has 0 aliphatic carbocycles. The molecule has 4 aromatic rings. The zero-order chi connectivity index (χ0) is 22.3. The van der Waals surface area contributed by atoms with Crippen LogP contribution in [0.5, 0.6) is 0 Å². The highest BCUT2D eigenvalue weighted by Crippen LogP contribution is 2.21. The Hall–Kier alpha value is -4.18. The van der Waals surface area contributed by atoms with Crippen LogP contribution in [-0.4, -0.2) is 23.0 Å². The number of carbonyl (C=O) groups is 2. The maximum atomic E-state index is 12.7. The molecule has 1 amide bonds. The molecule has 0 bridgehead atoms. The molecule has 0 radical (unpaired) electrons. The van der Waals surface area contributed by atoms with Crippen molar-refractivity contribution in [2.45, 2.75) is 12.5 Å². The van der Waals surface area contributed by atoms with Crippen molar-refractivity contribution in [3.8, 4) is 22.3 Å². The maximum Gasteiger partial charge on any atom is 0.326 e. The van der Waals surface area contributed by atoms with Gasteiger partial charge in [-0.2, -0.15) is 0 Å². The molecule has 4 heteroatoms. The third-order valence-electron chi connectivity index (χ3n) is 5.36. The van der Waals surface area contributed by atoms with Crippen molar-refractivity contribution >= 4 is 11.9 Å². The minimum absolute atomic E-state index is 0.207. The fourth-order valence-electron chi connectivity index (χ4n) is 3.59. The summed E-state index contributed by atoms with van der Waals surface area (Å²) in [5, 5.41) is 12.3. The van der Waals surface area contributed by atoms with Crippen molar-refractivity contribution in [3.63, 3.8) is 0 Å².